The van der Waals surface area contributed by atoms with Gasteiger partial charge in [-0.2, -0.15) is 0 Å². The van der Waals surface area contributed by atoms with Crippen molar-refractivity contribution in [1.29, 1.82) is 0 Å². The van der Waals surface area contributed by atoms with Gasteiger partial charge in [0.25, 0.3) is 0 Å². The summed E-state index contributed by atoms with van der Waals surface area (Å²) in [5, 5.41) is 0. The zero-order valence-corrected chi connectivity index (χ0v) is 19.6. The maximum Gasteiger partial charge on any atom is 0.0462 e. The highest BCUT2D eigenvalue weighted by atomic mass is 15.1. The summed E-state index contributed by atoms with van der Waals surface area (Å²) in [7, 11) is 0. The fourth-order valence-electron chi connectivity index (χ4n) is 4.44. The first-order valence-electron chi connectivity index (χ1n) is 11.8. The third-order valence-electron chi connectivity index (χ3n) is 6.06. The molecule has 0 aliphatic carbocycles. The summed E-state index contributed by atoms with van der Waals surface area (Å²) in [6.07, 6.45) is 1.96. The van der Waals surface area contributed by atoms with Gasteiger partial charge < -0.3 is 4.90 Å². The second-order valence-electron chi connectivity index (χ2n) is 8.28. The fraction of sp³-hybridized carbons (Fsp3) is 0. The first-order valence-corrected chi connectivity index (χ1v) is 11.8. The van der Waals surface area contributed by atoms with E-state index in [1.165, 1.54) is 11.1 Å². The summed E-state index contributed by atoms with van der Waals surface area (Å²) in [5.74, 6) is 0. The van der Waals surface area contributed by atoms with E-state index >= 15 is 0 Å². The lowest BCUT2D eigenvalue weighted by molar-refractivity contribution is 1.28. The van der Waals surface area contributed by atoms with E-state index in [0.717, 1.165) is 33.8 Å². The number of anilines is 3. The molecule has 0 amide bonds. The molecule has 0 fully saturated rings. The lowest BCUT2D eigenvalue weighted by Gasteiger charge is -2.26. The molecule has 168 valence electrons. The zero-order chi connectivity index (χ0) is 23.9. The number of hydrogen-bond acceptors (Lipinski definition) is 1. The minimum atomic E-state index is 1.11. The standard InChI is InChI=1S/C34H27N/c1-2-33(27-15-7-3-8-16-27)34(28-17-9-4-10-18-28)29-23-25-32(26-24-29)35(30-19-11-5-12-20-30)31-21-13-6-14-22-31/h2-26H,1H2/b34-33-. The highest BCUT2D eigenvalue weighted by molar-refractivity contribution is 6.02. The highest BCUT2D eigenvalue weighted by Gasteiger charge is 2.15. The number of nitrogens with zero attached hydrogens (tertiary/aromatic N) is 1. The third kappa shape index (κ3) is 4.85. The molecule has 0 saturated carbocycles. The molecule has 35 heavy (non-hydrogen) atoms. The van der Waals surface area contributed by atoms with E-state index < -0.39 is 0 Å². The molecule has 0 N–H and O–H groups in total. The predicted octanol–water partition coefficient (Wildman–Crippen LogP) is 9.30. The Labute approximate surface area is 208 Å². The molecule has 0 saturated heterocycles. The Balaban J connectivity index is 1.64. The number of allylic oxidation sites excluding steroid dienone is 2. The molecule has 1 heteroatoms. The van der Waals surface area contributed by atoms with E-state index in [0.29, 0.717) is 0 Å². The van der Waals surface area contributed by atoms with Gasteiger partial charge in [0, 0.05) is 17.1 Å². The molecular weight excluding hydrogens is 422 g/mol. The van der Waals surface area contributed by atoms with Crippen LogP contribution in [0.1, 0.15) is 16.7 Å². The maximum absolute atomic E-state index is 4.17. The van der Waals surface area contributed by atoms with Crippen molar-refractivity contribution in [3.63, 3.8) is 0 Å². The van der Waals surface area contributed by atoms with E-state index in [9.17, 15) is 0 Å². The largest absolute Gasteiger partial charge is 0.311 e. The number of rotatable bonds is 7. The van der Waals surface area contributed by atoms with Gasteiger partial charge in [-0.3, -0.25) is 0 Å². The molecule has 0 aliphatic rings. The molecule has 0 unspecified atom stereocenters. The molecule has 1 nitrogen and oxygen atoms in total. The van der Waals surface area contributed by atoms with Crippen LogP contribution in [-0.2, 0) is 0 Å². The number of hydrogen-bond donors (Lipinski definition) is 0. The first kappa shape index (κ1) is 22.2. The Morgan fingerprint density at radius 3 is 1.26 bits per heavy atom. The molecule has 0 spiro atoms. The molecule has 0 aromatic heterocycles. The third-order valence-corrected chi connectivity index (χ3v) is 6.06. The van der Waals surface area contributed by atoms with E-state index in [1.54, 1.807) is 0 Å². The fourth-order valence-corrected chi connectivity index (χ4v) is 4.44. The van der Waals surface area contributed by atoms with Gasteiger partial charge in [-0.1, -0.05) is 122 Å². The van der Waals surface area contributed by atoms with Crippen molar-refractivity contribution in [3.8, 4) is 0 Å². The monoisotopic (exact) mass is 449 g/mol. The van der Waals surface area contributed by atoms with Gasteiger partial charge in [-0.15, -0.1) is 0 Å². The van der Waals surface area contributed by atoms with Crippen molar-refractivity contribution in [2.45, 2.75) is 0 Å². The van der Waals surface area contributed by atoms with Crippen molar-refractivity contribution in [2.75, 3.05) is 4.90 Å². The molecule has 5 aromatic rings. The summed E-state index contributed by atoms with van der Waals surface area (Å²) < 4.78 is 0. The van der Waals surface area contributed by atoms with Crippen LogP contribution < -0.4 is 4.90 Å². The minimum Gasteiger partial charge on any atom is -0.311 e. The average molecular weight is 450 g/mol. The predicted molar refractivity (Wildman–Crippen MR) is 150 cm³/mol. The van der Waals surface area contributed by atoms with Crippen molar-refractivity contribution in [3.05, 3.63) is 175 Å². The molecule has 5 rings (SSSR count). The molecule has 0 bridgehead atoms. The zero-order valence-electron chi connectivity index (χ0n) is 19.6. The Kier molecular flexibility index (Phi) is 6.68. The maximum atomic E-state index is 4.17. The van der Waals surface area contributed by atoms with Crippen molar-refractivity contribution in [2.24, 2.45) is 0 Å². The van der Waals surface area contributed by atoms with Gasteiger partial charge in [0.1, 0.15) is 0 Å². The van der Waals surface area contributed by atoms with E-state index in [1.807, 2.05) is 24.3 Å². The van der Waals surface area contributed by atoms with Gasteiger partial charge >= 0.3 is 0 Å². The minimum absolute atomic E-state index is 1.11. The molecule has 5 aromatic carbocycles. The van der Waals surface area contributed by atoms with Crippen LogP contribution in [0, 0.1) is 0 Å². The lowest BCUT2D eigenvalue weighted by Crippen LogP contribution is -2.09. The van der Waals surface area contributed by atoms with Gasteiger partial charge in [-0.25, -0.2) is 0 Å². The summed E-state index contributed by atoms with van der Waals surface area (Å²) in [6, 6.07) is 50.8. The Hall–Kier alpha value is -4.62. The second-order valence-corrected chi connectivity index (χ2v) is 8.28. The van der Waals surface area contributed by atoms with Crippen LogP contribution in [0.5, 0.6) is 0 Å². The topological polar surface area (TPSA) is 3.24 Å². The molecular formula is C34H27N. The van der Waals surface area contributed by atoms with Crippen molar-refractivity contribution in [1.82, 2.24) is 0 Å². The van der Waals surface area contributed by atoms with Crippen LogP contribution in [0.3, 0.4) is 0 Å². The normalized spacial score (nSPS) is 11.4. The first-order chi connectivity index (χ1) is 17.3. The van der Waals surface area contributed by atoms with Gasteiger partial charge in [0.2, 0.25) is 0 Å². The molecule has 0 radical (unpaired) electrons. The van der Waals surface area contributed by atoms with Crippen LogP contribution in [0.25, 0.3) is 11.1 Å². The number of benzene rings is 5. The van der Waals surface area contributed by atoms with Crippen LogP contribution in [0.15, 0.2) is 158 Å². The molecule has 0 atom stereocenters. The van der Waals surface area contributed by atoms with Crippen molar-refractivity contribution < 1.29 is 0 Å². The molecule has 0 aliphatic heterocycles. The van der Waals surface area contributed by atoms with Gasteiger partial charge in [0.15, 0.2) is 0 Å². The summed E-state index contributed by atoms with van der Waals surface area (Å²) in [5.41, 5.74) is 9.13. The Morgan fingerprint density at radius 1 is 0.429 bits per heavy atom. The van der Waals surface area contributed by atoms with Gasteiger partial charge in [-0.05, 0) is 64.2 Å². The lowest BCUT2D eigenvalue weighted by atomic mass is 9.89. The second kappa shape index (κ2) is 10.5. The van der Waals surface area contributed by atoms with Crippen LogP contribution in [-0.4, -0.2) is 0 Å². The number of para-hydroxylation sites is 2. The summed E-state index contributed by atoms with van der Waals surface area (Å²) >= 11 is 0. The van der Waals surface area contributed by atoms with Crippen LogP contribution >= 0.6 is 0 Å². The summed E-state index contributed by atoms with van der Waals surface area (Å²) in [4.78, 5) is 2.28. The van der Waals surface area contributed by atoms with E-state index in [4.69, 9.17) is 0 Å². The summed E-state index contributed by atoms with van der Waals surface area (Å²) in [6.45, 7) is 4.17. The SMILES string of the molecule is C=C/C(=C(\c1ccccc1)c1ccc(N(c2ccccc2)c2ccccc2)cc1)c1ccccc1. The van der Waals surface area contributed by atoms with E-state index in [-0.39, 0.29) is 0 Å². The molecule has 0 heterocycles. The van der Waals surface area contributed by atoms with Crippen LogP contribution in [0.2, 0.25) is 0 Å². The Morgan fingerprint density at radius 2 is 0.800 bits per heavy atom. The van der Waals surface area contributed by atoms with Crippen molar-refractivity contribution >= 4 is 28.2 Å². The van der Waals surface area contributed by atoms with E-state index in [2.05, 4.69) is 139 Å². The smallest absolute Gasteiger partial charge is 0.0462 e. The average Bonchev–Trinajstić information content (AvgIpc) is 2.94. The van der Waals surface area contributed by atoms with Crippen LogP contribution in [0.4, 0.5) is 17.1 Å². The van der Waals surface area contributed by atoms with Gasteiger partial charge in [0.05, 0.1) is 0 Å². The highest BCUT2D eigenvalue weighted by Crippen LogP contribution is 2.37. The quantitative estimate of drug-likeness (QED) is 0.177. The Bertz CT molecular complexity index is 1360.